The van der Waals surface area contributed by atoms with Gasteiger partial charge >= 0.3 is 0 Å². The number of methoxy groups -OCH3 is 1. The number of ether oxygens (including phenoxy) is 3. The number of aliphatic imine (C=N–C) groups is 1. The van der Waals surface area contributed by atoms with Crippen molar-refractivity contribution < 1.29 is 19.0 Å². The Kier molecular flexibility index (Phi) is 6.41. The summed E-state index contributed by atoms with van der Waals surface area (Å²) in [7, 11) is 1.60. The fourth-order valence-corrected chi connectivity index (χ4v) is 3.42. The number of thioether (sulfide) groups is 1. The largest absolute Gasteiger partial charge is 0.493 e. The van der Waals surface area contributed by atoms with Crippen LogP contribution in [-0.4, -0.2) is 31.4 Å². The second-order valence-corrected chi connectivity index (χ2v) is 7.37. The van der Waals surface area contributed by atoms with Crippen molar-refractivity contribution in [3.8, 4) is 17.2 Å². The number of hydrogen-bond donors (Lipinski definition) is 1. The fourth-order valence-electron chi connectivity index (χ4n) is 2.37. The molecule has 0 radical (unpaired) electrons. The zero-order chi connectivity index (χ0) is 19.2. The molecule has 0 fully saturated rings. The number of hydrogen-bond acceptors (Lipinski definition) is 6. The first kappa shape index (κ1) is 19.3. The highest BCUT2D eigenvalue weighted by Gasteiger charge is 2.20. The topological polar surface area (TPSA) is 83.1 Å². The van der Waals surface area contributed by atoms with Gasteiger partial charge in [-0.1, -0.05) is 28.1 Å². The molecule has 1 amide bonds. The van der Waals surface area contributed by atoms with Gasteiger partial charge in [0.05, 0.1) is 12.0 Å². The van der Waals surface area contributed by atoms with E-state index in [0.29, 0.717) is 35.4 Å². The van der Waals surface area contributed by atoms with Gasteiger partial charge in [-0.3, -0.25) is 4.79 Å². The van der Waals surface area contributed by atoms with Crippen LogP contribution in [0.5, 0.6) is 17.2 Å². The van der Waals surface area contributed by atoms with Crippen molar-refractivity contribution in [2.24, 2.45) is 10.7 Å². The second-order valence-electron chi connectivity index (χ2n) is 5.40. The van der Waals surface area contributed by atoms with Gasteiger partial charge in [0.2, 0.25) is 0 Å². The zero-order valence-electron chi connectivity index (χ0n) is 14.5. The Morgan fingerprint density at radius 2 is 1.81 bits per heavy atom. The predicted octanol–water partition coefficient (Wildman–Crippen LogP) is 3.84. The quantitative estimate of drug-likeness (QED) is 0.511. The number of benzene rings is 2. The molecule has 8 heteroatoms. The number of carbonyl (C=O) groups is 1. The van der Waals surface area contributed by atoms with Crippen molar-refractivity contribution in [1.82, 2.24) is 0 Å². The van der Waals surface area contributed by atoms with Gasteiger partial charge in [-0.2, -0.15) is 4.99 Å². The van der Waals surface area contributed by atoms with Crippen LogP contribution in [0.25, 0.3) is 6.08 Å². The van der Waals surface area contributed by atoms with Crippen molar-refractivity contribution in [3.05, 3.63) is 57.4 Å². The van der Waals surface area contributed by atoms with Crippen LogP contribution < -0.4 is 19.9 Å². The second kappa shape index (κ2) is 8.96. The summed E-state index contributed by atoms with van der Waals surface area (Å²) in [5.74, 6) is 1.61. The summed E-state index contributed by atoms with van der Waals surface area (Å²) in [6.07, 6.45) is 1.72. The third-order valence-corrected chi connectivity index (χ3v) is 4.87. The van der Waals surface area contributed by atoms with E-state index in [1.807, 2.05) is 42.5 Å². The van der Waals surface area contributed by atoms with Gasteiger partial charge in [-0.05, 0) is 48.2 Å². The number of rotatable bonds is 7. The molecule has 0 saturated carbocycles. The van der Waals surface area contributed by atoms with E-state index in [9.17, 15) is 4.79 Å². The maximum Gasteiger partial charge on any atom is 0.286 e. The number of nitrogens with two attached hydrogens (primary N) is 1. The molecule has 1 heterocycles. The first-order chi connectivity index (χ1) is 13.1. The van der Waals surface area contributed by atoms with E-state index < -0.39 is 0 Å². The van der Waals surface area contributed by atoms with Gasteiger partial charge < -0.3 is 19.9 Å². The van der Waals surface area contributed by atoms with Gasteiger partial charge in [0.1, 0.15) is 19.0 Å². The van der Waals surface area contributed by atoms with E-state index in [-0.39, 0.29) is 11.1 Å². The molecule has 1 aliphatic rings. The van der Waals surface area contributed by atoms with Crippen LogP contribution in [0.3, 0.4) is 0 Å². The summed E-state index contributed by atoms with van der Waals surface area (Å²) in [5, 5.41) is 0.244. The molecule has 0 atom stereocenters. The summed E-state index contributed by atoms with van der Waals surface area (Å²) in [6, 6.07) is 13.0. The zero-order valence-corrected chi connectivity index (χ0v) is 16.9. The van der Waals surface area contributed by atoms with Crippen LogP contribution >= 0.6 is 27.7 Å². The van der Waals surface area contributed by atoms with E-state index >= 15 is 0 Å². The van der Waals surface area contributed by atoms with Gasteiger partial charge in [0, 0.05) is 10.0 Å². The summed E-state index contributed by atoms with van der Waals surface area (Å²) in [5.41, 5.74) is 6.35. The molecule has 2 aromatic rings. The van der Waals surface area contributed by atoms with Crippen LogP contribution in [0.4, 0.5) is 0 Å². The predicted molar refractivity (Wildman–Crippen MR) is 110 cm³/mol. The van der Waals surface area contributed by atoms with Gasteiger partial charge in [-0.15, -0.1) is 0 Å². The molecule has 140 valence electrons. The minimum absolute atomic E-state index is 0.244. The molecule has 6 nitrogen and oxygen atoms in total. The minimum atomic E-state index is -0.345. The van der Waals surface area contributed by atoms with Crippen molar-refractivity contribution in [3.63, 3.8) is 0 Å². The molecule has 0 spiro atoms. The van der Waals surface area contributed by atoms with Gasteiger partial charge in [0.15, 0.2) is 16.7 Å². The van der Waals surface area contributed by atoms with E-state index in [2.05, 4.69) is 20.9 Å². The molecule has 27 heavy (non-hydrogen) atoms. The Morgan fingerprint density at radius 3 is 2.48 bits per heavy atom. The number of amides is 1. The van der Waals surface area contributed by atoms with Gasteiger partial charge in [0.25, 0.3) is 5.91 Å². The Balaban J connectivity index is 1.65. The Morgan fingerprint density at radius 1 is 1.11 bits per heavy atom. The van der Waals surface area contributed by atoms with E-state index in [1.54, 1.807) is 13.2 Å². The Labute approximate surface area is 169 Å². The van der Waals surface area contributed by atoms with E-state index in [0.717, 1.165) is 21.8 Å². The third-order valence-electron chi connectivity index (χ3n) is 3.56. The normalized spacial score (nSPS) is 15.0. The maximum atomic E-state index is 11.8. The minimum Gasteiger partial charge on any atom is -0.493 e. The van der Waals surface area contributed by atoms with Crippen molar-refractivity contribution in [1.29, 1.82) is 0 Å². The fraction of sp³-hybridized carbons (Fsp3) is 0.158. The molecule has 1 aliphatic heterocycles. The lowest BCUT2D eigenvalue weighted by atomic mass is 10.2. The number of carbonyl (C=O) groups excluding carboxylic acids is 1. The summed E-state index contributed by atoms with van der Waals surface area (Å²) < 4.78 is 17.7. The Hall–Kier alpha value is -2.45. The van der Waals surface area contributed by atoms with Crippen molar-refractivity contribution in [2.45, 2.75) is 0 Å². The number of para-hydroxylation sites is 2. The highest BCUT2D eigenvalue weighted by Crippen LogP contribution is 2.31. The van der Waals surface area contributed by atoms with Crippen LogP contribution in [0, 0.1) is 0 Å². The standard InChI is InChI=1S/C19H17BrN2O4S/c1-24-15-4-2-3-5-16(15)26-9-8-25-14-7-6-13(20)10-12(14)11-17-18(23)22-19(21)27-17/h2-7,10-11H,8-9H2,1H3,(H2,21,22,23)/b17-11+. The Bertz CT molecular complexity index is 914. The van der Waals surface area contributed by atoms with Crippen LogP contribution in [0.1, 0.15) is 5.56 Å². The lowest BCUT2D eigenvalue weighted by molar-refractivity contribution is -0.113. The molecular weight excluding hydrogens is 432 g/mol. The first-order valence-corrected chi connectivity index (χ1v) is 9.64. The van der Waals surface area contributed by atoms with Crippen LogP contribution in [0.15, 0.2) is 56.8 Å². The summed E-state index contributed by atoms with van der Waals surface area (Å²) in [6.45, 7) is 0.672. The van der Waals surface area contributed by atoms with Gasteiger partial charge in [-0.25, -0.2) is 0 Å². The molecule has 2 N–H and O–H groups in total. The van der Waals surface area contributed by atoms with Crippen LogP contribution in [-0.2, 0) is 4.79 Å². The lowest BCUT2D eigenvalue weighted by Gasteiger charge is -2.13. The molecule has 0 aromatic heterocycles. The first-order valence-electron chi connectivity index (χ1n) is 8.03. The average Bonchev–Trinajstić information content (AvgIpc) is 2.97. The lowest BCUT2D eigenvalue weighted by Crippen LogP contribution is -2.10. The number of nitrogens with zero attached hydrogens (tertiary/aromatic N) is 1. The molecule has 2 aromatic carbocycles. The smallest absolute Gasteiger partial charge is 0.286 e. The van der Waals surface area contributed by atoms with Crippen molar-refractivity contribution in [2.75, 3.05) is 20.3 Å². The molecule has 0 bridgehead atoms. The molecule has 0 unspecified atom stereocenters. The molecular formula is C19H17BrN2O4S. The third kappa shape index (κ3) is 5.05. The average molecular weight is 449 g/mol. The molecule has 3 rings (SSSR count). The van der Waals surface area contributed by atoms with Crippen LogP contribution in [0.2, 0.25) is 0 Å². The van der Waals surface area contributed by atoms with E-state index in [4.69, 9.17) is 19.9 Å². The summed E-state index contributed by atoms with van der Waals surface area (Å²) >= 11 is 4.58. The highest BCUT2D eigenvalue weighted by molar-refractivity contribution is 9.10. The SMILES string of the molecule is COc1ccccc1OCCOc1ccc(Br)cc1/C=C1/SC(N)=NC1=O. The highest BCUT2D eigenvalue weighted by atomic mass is 79.9. The summed E-state index contributed by atoms with van der Waals surface area (Å²) in [4.78, 5) is 16.0. The maximum absolute atomic E-state index is 11.8. The van der Waals surface area contributed by atoms with Crippen molar-refractivity contribution >= 4 is 44.8 Å². The number of amidine groups is 1. The van der Waals surface area contributed by atoms with E-state index in [1.165, 1.54) is 0 Å². The molecule has 0 aliphatic carbocycles. The number of halogens is 1. The monoisotopic (exact) mass is 448 g/mol. The molecule has 0 saturated heterocycles.